The Morgan fingerprint density at radius 1 is 1.41 bits per heavy atom. The number of carbonyl (C=O) groups excluding carboxylic acids is 1. The summed E-state index contributed by atoms with van der Waals surface area (Å²) in [6.45, 7) is 4.89. The molecule has 0 spiro atoms. The maximum absolute atomic E-state index is 12.2. The molecule has 0 fully saturated rings. The summed E-state index contributed by atoms with van der Waals surface area (Å²) in [7, 11) is -2.37. The van der Waals surface area contributed by atoms with Gasteiger partial charge in [-0.05, 0) is 47.6 Å². The minimum absolute atomic E-state index is 0. The normalized spacial score (nSPS) is 12.4. The largest absolute Gasteiger partial charge is 0.465 e. The van der Waals surface area contributed by atoms with E-state index in [-0.39, 0.29) is 35.5 Å². The third-order valence-electron chi connectivity index (χ3n) is 2.77. The fraction of sp³-hybridized carbons (Fsp3) is 0.462. The lowest BCUT2D eigenvalue weighted by atomic mass is 10.2. The predicted octanol–water partition coefficient (Wildman–Crippen LogP) is 1.93. The SMILES string of the molecule is CCN[C@H](C)CNS(=O)(=O)c1ccc(C(=O)OC)cc1Br.Cl. The van der Waals surface area contributed by atoms with Crippen LogP contribution < -0.4 is 10.0 Å². The van der Waals surface area contributed by atoms with E-state index in [2.05, 4.69) is 30.7 Å². The van der Waals surface area contributed by atoms with E-state index < -0.39 is 16.0 Å². The van der Waals surface area contributed by atoms with E-state index in [0.29, 0.717) is 4.47 Å². The summed E-state index contributed by atoms with van der Waals surface area (Å²) in [4.78, 5) is 11.5. The van der Waals surface area contributed by atoms with Crippen molar-refractivity contribution < 1.29 is 17.9 Å². The summed E-state index contributed by atoms with van der Waals surface area (Å²) in [6, 6.07) is 4.24. The quantitative estimate of drug-likeness (QED) is 0.665. The van der Waals surface area contributed by atoms with Gasteiger partial charge in [0, 0.05) is 17.1 Å². The van der Waals surface area contributed by atoms with Crippen LogP contribution in [-0.4, -0.2) is 40.6 Å². The highest BCUT2D eigenvalue weighted by Gasteiger charge is 2.19. The zero-order valence-corrected chi connectivity index (χ0v) is 15.8. The number of rotatable bonds is 7. The number of carbonyl (C=O) groups is 1. The number of ether oxygens (including phenoxy) is 1. The first kappa shape index (κ1) is 21.3. The molecular formula is C13H20BrClN2O4S. The van der Waals surface area contributed by atoms with Gasteiger partial charge < -0.3 is 10.1 Å². The van der Waals surface area contributed by atoms with Gasteiger partial charge in [-0.2, -0.15) is 0 Å². The molecule has 0 heterocycles. The van der Waals surface area contributed by atoms with Gasteiger partial charge in [-0.3, -0.25) is 0 Å². The van der Waals surface area contributed by atoms with Gasteiger partial charge in [0.05, 0.1) is 17.6 Å². The predicted molar refractivity (Wildman–Crippen MR) is 91.1 cm³/mol. The van der Waals surface area contributed by atoms with Gasteiger partial charge in [-0.1, -0.05) is 6.92 Å². The first-order valence-corrected chi connectivity index (χ1v) is 8.70. The molecule has 9 heteroatoms. The molecule has 0 aromatic heterocycles. The Morgan fingerprint density at radius 3 is 2.55 bits per heavy atom. The fourth-order valence-electron chi connectivity index (χ4n) is 1.70. The molecule has 1 rings (SSSR count). The molecule has 0 unspecified atom stereocenters. The van der Waals surface area contributed by atoms with E-state index >= 15 is 0 Å². The highest BCUT2D eigenvalue weighted by atomic mass is 79.9. The molecule has 0 amide bonds. The minimum Gasteiger partial charge on any atom is -0.465 e. The van der Waals surface area contributed by atoms with Crippen molar-refractivity contribution >= 4 is 44.3 Å². The number of halogens is 2. The van der Waals surface area contributed by atoms with Crippen molar-refractivity contribution in [2.24, 2.45) is 0 Å². The summed E-state index contributed by atoms with van der Waals surface area (Å²) < 4.78 is 31.9. The summed E-state index contributed by atoms with van der Waals surface area (Å²) in [5, 5.41) is 3.12. The van der Waals surface area contributed by atoms with Crippen LogP contribution in [0, 0.1) is 0 Å². The Balaban J connectivity index is 0.00000441. The second-order valence-electron chi connectivity index (χ2n) is 4.45. The van der Waals surface area contributed by atoms with E-state index in [1.807, 2.05) is 13.8 Å². The van der Waals surface area contributed by atoms with Crippen LogP contribution in [0.15, 0.2) is 27.6 Å². The van der Waals surface area contributed by atoms with Gasteiger partial charge in [0.2, 0.25) is 10.0 Å². The first-order valence-electron chi connectivity index (χ1n) is 6.42. The highest BCUT2D eigenvalue weighted by molar-refractivity contribution is 9.10. The maximum Gasteiger partial charge on any atom is 0.337 e. The lowest BCUT2D eigenvalue weighted by molar-refractivity contribution is 0.0600. The molecule has 2 N–H and O–H groups in total. The Morgan fingerprint density at radius 2 is 2.05 bits per heavy atom. The molecule has 0 radical (unpaired) electrons. The molecular weight excluding hydrogens is 396 g/mol. The van der Waals surface area contributed by atoms with Gasteiger partial charge in [-0.25, -0.2) is 17.9 Å². The molecule has 1 aromatic carbocycles. The van der Waals surface area contributed by atoms with E-state index in [0.717, 1.165) is 6.54 Å². The zero-order chi connectivity index (χ0) is 16.0. The molecule has 0 bridgehead atoms. The molecule has 0 saturated carbocycles. The van der Waals surface area contributed by atoms with Crippen molar-refractivity contribution in [2.45, 2.75) is 24.8 Å². The number of sulfonamides is 1. The van der Waals surface area contributed by atoms with Crippen molar-refractivity contribution in [3.8, 4) is 0 Å². The lowest BCUT2D eigenvalue weighted by Crippen LogP contribution is -2.38. The number of hydrogen-bond donors (Lipinski definition) is 2. The molecule has 1 aromatic rings. The van der Waals surface area contributed by atoms with Gasteiger partial charge in [0.15, 0.2) is 0 Å². The second-order valence-corrected chi connectivity index (χ2v) is 7.04. The van der Waals surface area contributed by atoms with Crippen LogP contribution in [0.25, 0.3) is 0 Å². The van der Waals surface area contributed by atoms with Crippen LogP contribution in [0.2, 0.25) is 0 Å². The number of hydrogen-bond acceptors (Lipinski definition) is 5. The number of esters is 1. The molecule has 0 aliphatic carbocycles. The van der Waals surface area contributed by atoms with E-state index in [1.165, 1.54) is 25.3 Å². The third-order valence-corrected chi connectivity index (χ3v) is 5.17. The van der Waals surface area contributed by atoms with Gasteiger partial charge in [-0.15, -0.1) is 12.4 Å². The van der Waals surface area contributed by atoms with Crippen LogP contribution >= 0.6 is 28.3 Å². The standard InChI is InChI=1S/C13H19BrN2O4S.ClH/c1-4-15-9(2)8-16-21(18,19)12-6-5-10(7-11(12)14)13(17)20-3;/h5-7,9,15-16H,4,8H2,1-3H3;1H/t9-;/m1./s1. The Hall–Kier alpha value is -0.670. The number of benzene rings is 1. The molecule has 0 saturated heterocycles. The average molecular weight is 416 g/mol. The van der Waals surface area contributed by atoms with Gasteiger partial charge in [0.25, 0.3) is 0 Å². The van der Waals surface area contributed by atoms with Crippen LogP contribution in [-0.2, 0) is 14.8 Å². The number of methoxy groups -OCH3 is 1. The summed E-state index contributed by atoms with van der Waals surface area (Å²) in [6.07, 6.45) is 0. The van der Waals surface area contributed by atoms with Crippen LogP contribution in [0.1, 0.15) is 24.2 Å². The molecule has 0 aliphatic heterocycles. The van der Waals surface area contributed by atoms with Gasteiger partial charge in [0.1, 0.15) is 0 Å². The second kappa shape index (κ2) is 9.46. The van der Waals surface area contributed by atoms with Crippen molar-refractivity contribution in [2.75, 3.05) is 20.2 Å². The Bertz CT molecular complexity index is 610. The summed E-state index contributed by atoms with van der Waals surface area (Å²) >= 11 is 3.18. The number of likely N-dealkylation sites (N-methyl/N-ethyl adjacent to an activating group) is 1. The van der Waals surface area contributed by atoms with E-state index in [9.17, 15) is 13.2 Å². The molecule has 0 aliphatic rings. The van der Waals surface area contributed by atoms with Gasteiger partial charge >= 0.3 is 5.97 Å². The monoisotopic (exact) mass is 414 g/mol. The summed E-state index contributed by atoms with van der Waals surface area (Å²) in [5.41, 5.74) is 0.282. The molecule has 1 atom stereocenters. The highest BCUT2D eigenvalue weighted by Crippen LogP contribution is 2.23. The molecule has 22 heavy (non-hydrogen) atoms. The van der Waals surface area contributed by atoms with Crippen LogP contribution in [0.4, 0.5) is 0 Å². The van der Waals surface area contributed by atoms with Crippen molar-refractivity contribution in [1.82, 2.24) is 10.0 Å². The zero-order valence-electron chi connectivity index (χ0n) is 12.6. The van der Waals surface area contributed by atoms with Crippen molar-refractivity contribution in [3.63, 3.8) is 0 Å². The maximum atomic E-state index is 12.2. The number of nitrogens with one attached hydrogen (secondary N) is 2. The van der Waals surface area contributed by atoms with Crippen molar-refractivity contribution in [1.29, 1.82) is 0 Å². The summed E-state index contributed by atoms with van der Waals surface area (Å²) in [5.74, 6) is -0.520. The molecule has 126 valence electrons. The smallest absolute Gasteiger partial charge is 0.337 e. The fourth-order valence-corrected chi connectivity index (χ4v) is 3.90. The third kappa shape index (κ3) is 5.85. The van der Waals surface area contributed by atoms with Crippen LogP contribution in [0.3, 0.4) is 0 Å². The van der Waals surface area contributed by atoms with Crippen LogP contribution in [0.5, 0.6) is 0 Å². The average Bonchev–Trinajstić information content (AvgIpc) is 2.44. The topological polar surface area (TPSA) is 84.5 Å². The molecule has 6 nitrogen and oxygen atoms in total. The Labute approximate surface area is 145 Å². The van der Waals surface area contributed by atoms with E-state index in [4.69, 9.17) is 0 Å². The van der Waals surface area contributed by atoms with Crippen molar-refractivity contribution in [3.05, 3.63) is 28.2 Å². The minimum atomic E-state index is -3.64. The first-order chi connectivity index (χ1) is 9.81. The lowest BCUT2D eigenvalue weighted by Gasteiger charge is -2.14. The Kier molecular flexibility index (Phi) is 9.18. The van der Waals surface area contributed by atoms with E-state index in [1.54, 1.807) is 0 Å².